The highest BCUT2D eigenvalue weighted by molar-refractivity contribution is 6.06. The number of amides is 1. The molecule has 0 saturated carbocycles. The molecule has 0 unspecified atom stereocenters. The number of para-hydroxylation sites is 3. The average Bonchev–Trinajstić information content (AvgIpc) is 2.93. The van der Waals surface area contributed by atoms with E-state index in [0.29, 0.717) is 23.9 Å². The summed E-state index contributed by atoms with van der Waals surface area (Å²) >= 11 is 0. The Balaban J connectivity index is 1.95. The highest BCUT2D eigenvalue weighted by Gasteiger charge is 2.16. The number of hydrogen-bond acceptors (Lipinski definition) is 3. The Morgan fingerprint density at radius 1 is 1.12 bits per heavy atom. The Bertz CT molecular complexity index is 855. The van der Waals surface area contributed by atoms with Gasteiger partial charge in [-0.2, -0.15) is 0 Å². The molecule has 3 aromatic rings. The van der Waals surface area contributed by atoms with Crippen molar-refractivity contribution < 1.29 is 9.53 Å². The molecule has 0 fully saturated rings. The van der Waals surface area contributed by atoms with Gasteiger partial charge in [0, 0.05) is 6.54 Å². The summed E-state index contributed by atoms with van der Waals surface area (Å²) in [6.07, 6.45) is 0.957. The van der Waals surface area contributed by atoms with E-state index in [-0.39, 0.29) is 5.91 Å². The van der Waals surface area contributed by atoms with Crippen molar-refractivity contribution in [1.29, 1.82) is 0 Å². The molecule has 0 aliphatic rings. The molecule has 0 saturated heterocycles. The zero-order valence-corrected chi connectivity index (χ0v) is 14.0. The first-order valence-corrected chi connectivity index (χ1v) is 8.23. The van der Waals surface area contributed by atoms with Crippen LogP contribution in [0.4, 0.5) is 5.95 Å². The lowest BCUT2D eigenvalue weighted by molar-refractivity contribution is 0.102. The van der Waals surface area contributed by atoms with Crippen LogP contribution in [0, 0.1) is 0 Å². The molecule has 5 heteroatoms. The Morgan fingerprint density at radius 2 is 1.88 bits per heavy atom. The molecule has 2 aromatic carbocycles. The Morgan fingerprint density at radius 3 is 2.67 bits per heavy atom. The number of imidazole rings is 1. The van der Waals surface area contributed by atoms with E-state index in [1.54, 1.807) is 12.1 Å². The first-order valence-electron chi connectivity index (χ1n) is 8.23. The molecule has 1 amide bonds. The van der Waals surface area contributed by atoms with Crippen molar-refractivity contribution in [2.45, 2.75) is 26.8 Å². The molecule has 124 valence electrons. The molecule has 0 bridgehead atoms. The van der Waals surface area contributed by atoms with Crippen LogP contribution in [0.1, 0.15) is 30.6 Å². The Kier molecular flexibility index (Phi) is 4.79. The van der Waals surface area contributed by atoms with Gasteiger partial charge in [-0.3, -0.25) is 10.1 Å². The second-order valence-corrected chi connectivity index (χ2v) is 5.46. The van der Waals surface area contributed by atoms with Gasteiger partial charge in [-0.1, -0.05) is 31.2 Å². The van der Waals surface area contributed by atoms with Crippen LogP contribution >= 0.6 is 0 Å². The maximum atomic E-state index is 12.7. The van der Waals surface area contributed by atoms with Gasteiger partial charge in [0.2, 0.25) is 5.95 Å². The second kappa shape index (κ2) is 7.17. The number of hydrogen-bond donors (Lipinski definition) is 1. The number of rotatable bonds is 6. The monoisotopic (exact) mass is 323 g/mol. The van der Waals surface area contributed by atoms with Crippen molar-refractivity contribution in [3.05, 3.63) is 54.1 Å². The fraction of sp³-hybridized carbons (Fsp3) is 0.263. The highest BCUT2D eigenvalue weighted by Crippen LogP contribution is 2.23. The summed E-state index contributed by atoms with van der Waals surface area (Å²) in [6, 6.07) is 15.1. The maximum absolute atomic E-state index is 12.7. The molecular formula is C19H21N3O2. The van der Waals surface area contributed by atoms with Gasteiger partial charge in [0.1, 0.15) is 5.75 Å². The summed E-state index contributed by atoms with van der Waals surface area (Å²) < 4.78 is 7.58. The van der Waals surface area contributed by atoms with E-state index >= 15 is 0 Å². The van der Waals surface area contributed by atoms with Gasteiger partial charge in [0.05, 0.1) is 23.2 Å². The van der Waals surface area contributed by atoms with Crippen LogP contribution in [0.3, 0.4) is 0 Å². The van der Waals surface area contributed by atoms with Gasteiger partial charge in [0.25, 0.3) is 5.91 Å². The van der Waals surface area contributed by atoms with Crippen molar-refractivity contribution in [3.63, 3.8) is 0 Å². The summed E-state index contributed by atoms with van der Waals surface area (Å²) in [5.74, 6) is 0.928. The van der Waals surface area contributed by atoms with E-state index < -0.39 is 0 Å². The lowest BCUT2D eigenvalue weighted by atomic mass is 10.2. The largest absolute Gasteiger partial charge is 0.493 e. The number of carbonyl (C=O) groups excluding carboxylic acids is 1. The third-order valence-electron chi connectivity index (χ3n) is 3.76. The maximum Gasteiger partial charge on any atom is 0.261 e. The van der Waals surface area contributed by atoms with Crippen LogP contribution in [0.15, 0.2) is 48.5 Å². The molecule has 24 heavy (non-hydrogen) atoms. The summed E-state index contributed by atoms with van der Waals surface area (Å²) in [4.78, 5) is 17.3. The number of ether oxygens (including phenoxy) is 1. The summed E-state index contributed by atoms with van der Waals surface area (Å²) in [5.41, 5.74) is 2.40. The molecule has 1 N–H and O–H groups in total. The van der Waals surface area contributed by atoms with Crippen LogP contribution in [0.2, 0.25) is 0 Å². The number of fused-ring (bicyclic) bond motifs is 1. The molecule has 0 aliphatic carbocycles. The van der Waals surface area contributed by atoms with Gasteiger partial charge >= 0.3 is 0 Å². The summed E-state index contributed by atoms with van der Waals surface area (Å²) in [6.45, 7) is 5.31. The molecule has 5 nitrogen and oxygen atoms in total. The van der Waals surface area contributed by atoms with E-state index in [2.05, 4.69) is 17.2 Å². The van der Waals surface area contributed by atoms with E-state index in [1.807, 2.05) is 47.9 Å². The zero-order valence-electron chi connectivity index (χ0n) is 14.0. The molecule has 0 radical (unpaired) electrons. The molecular weight excluding hydrogens is 302 g/mol. The molecule has 0 atom stereocenters. The summed E-state index contributed by atoms with van der Waals surface area (Å²) in [5, 5.41) is 2.93. The zero-order chi connectivity index (χ0) is 16.9. The van der Waals surface area contributed by atoms with E-state index in [9.17, 15) is 4.79 Å². The van der Waals surface area contributed by atoms with Crippen molar-refractivity contribution in [3.8, 4) is 5.75 Å². The first kappa shape index (κ1) is 16.1. The van der Waals surface area contributed by atoms with Crippen molar-refractivity contribution in [1.82, 2.24) is 9.55 Å². The third-order valence-corrected chi connectivity index (χ3v) is 3.76. The minimum Gasteiger partial charge on any atom is -0.493 e. The van der Waals surface area contributed by atoms with Gasteiger partial charge in [-0.05, 0) is 37.6 Å². The fourth-order valence-electron chi connectivity index (χ4n) is 2.73. The SMILES string of the molecule is CCCn1c(NC(=O)c2ccccc2OCC)nc2ccccc21. The van der Waals surface area contributed by atoms with Crippen LogP contribution in [-0.2, 0) is 6.54 Å². The lowest BCUT2D eigenvalue weighted by Gasteiger charge is -2.11. The minimum atomic E-state index is -0.216. The molecule has 1 aromatic heterocycles. The number of anilines is 1. The van der Waals surface area contributed by atoms with Crippen LogP contribution in [0.5, 0.6) is 5.75 Å². The Labute approximate surface area is 141 Å². The first-order chi connectivity index (χ1) is 11.7. The number of nitrogens with zero attached hydrogens (tertiary/aromatic N) is 2. The minimum absolute atomic E-state index is 0.216. The quantitative estimate of drug-likeness (QED) is 0.743. The average molecular weight is 323 g/mol. The highest BCUT2D eigenvalue weighted by atomic mass is 16.5. The van der Waals surface area contributed by atoms with Crippen molar-refractivity contribution in [2.75, 3.05) is 11.9 Å². The second-order valence-electron chi connectivity index (χ2n) is 5.46. The van der Waals surface area contributed by atoms with E-state index in [1.165, 1.54) is 0 Å². The van der Waals surface area contributed by atoms with Gasteiger partial charge in [-0.15, -0.1) is 0 Å². The number of aromatic nitrogens is 2. The van der Waals surface area contributed by atoms with Crippen molar-refractivity contribution in [2.24, 2.45) is 0 Å². The number of benzene rings is 2. The Hall–Kier alpha value is -2.82. The van der Waals surface area contributed by atoms with Crippen LogP contribution in [-0.4, -0.2) is 22.1 Å². The van der Waals surface area contributed by atoms with Gasteiger partial charge < -0.3 is 9.30 Å². The van der Waals surface area contributed by atoms with E-state index in [4.69, 9.17) is 4.74 Å². The fourth-order valence-corrected chi connectivity index (χ4v) is 2.73. The van der Waals surface area contributed by atoms with Gasteiger partial charge in [0.15, 0.2) is 0 Å². The normalized spacial score (nSPS) is 10.8. The number of carbonyl (C=O) groups is 1. The molecule has 0 aliphatic heterocycles. The number of aryl methyl sites for hydroxylation is 1. The van der Waals surface area contributed by atoms with Crippen LogP contribution < -0.4 is 10.1 Å². The number of nitrogens with one attached hydrogen (secondary N) is 1. The molecule has 3 rings (SSSR count). The molecule has 1 heterocycles. The van der Waals surface area contributed by atoms with E-state index in [0.717, 1.165) is 24.0 Å². The summed E-state index contributed by atoms with van der Waals surface area (Å²) in [7, 11) is 0. The predicted octanol–water partition coefficient (Wildman–Crippen LogP) is 4.10. The smallest absolute Gasteiger partial charge is 0.261 e. The van der Waals surface area contributed by atoms with Gasteiger partial charge in [-0.25, -0.2) is 4.98 Å². The van der Waals surface area contributed by atoms with Crippen LogP contribution in [0.25, 0.3) is 11.0 Å². The standard InChI is InChI=1S/C19H21N3O2/c1-3-13-22-16-11-7-6-10-15(16)20-19(22)21-18(23)14-9-5-8-12-17(14)24-4-2/h5-12H,3-4,13H2,1-2H3,(H,20,21,23). The van der Waals surface area contributed by atoms with Crippen molar-refractivity contribution >= 4 is 22.9 Å². The topological polar surface area (TPSA) is 56.2 Å². The lowest BCUT2D eigenvalue weighted by Crippen LogP contribution is -2.17. The predicted molar refractivity (Wildman–Crippen MR) is 95.6 cm³/mol. The molecule has 0 spiro atoms. The third kappa shape index (κ3) is 3.11.